The Hall–Kier alpha value is -0.860. The van der Waals surface area contributed by atoms with E-state index in [1.165, 1.54) is 28.5 Å². The van der Waals surface area contributed by atoms with Gasteiger partial charge in [-0.15, -0.1) is 11.3 Å². The van der Waals surface area contributed by atoms with Crippen LogP contribution in [0, 0.1) is 11.8 Å². The molecule has 0 aliphatic heterocycles. The zero-order valence-electron chi connectivity index (χ0n) is 10.1. The molecule has 1 aliphatic rings. The van der Waals surface area contributed by atoms with Gasteiger partial charge in [0.1, 0.15) is 0 Å². The van der Waals surface area contributed by atoms with E-state index in [1.54, 1.807) is 11.3 Å². The van der Waals surface area contributed by atoms with Crippen molar-refractivity contribution in [3.05, 3.63) is 35.2 Å². The summed E-state index contributed by atoms with van der Waals surface area (Å²) in [7, 11) is 0. The molecule has 2 aromatic rings. The first-order chi connectivity index (χ1) is 8.25. The molecule has 0 saturated heterocycles. The van der Waals surface area contributed by atoms with Gasteiger partial charge in [-0.05, 0) is 47.1 Å². The fourth-order valence-electron chi connectivity index (χ4n) is 2.54. The number of thiophene rings is 1. The number of benzene rings is 1. The van der Waals surface area contributed by atoms with E-state index in [-0.39, 0.29) is 6.10 Å². The van der Waals surface area contributed by atoms with Gasteiger partial charge in [-0.2, -0.15) is 0 Å². The maximum Gasteiger partial charge on any atom is 0.0609 e. The average Bonchev–Trinajstić information content (AvgIpc) is 3.12. The highest BCUT2D eigenvalue weighted by atomic mass is 32.1. The third kappa shape index (κ3) is 2.24. The van der Waals surface area contributed by atoms with Crippen molar-refractivity contribution in [3.63, 3.8) is 0 Å². The Balaban J connectivity index is 1.79. The lowest BCUT2D eigenvalue weighted by molar-refractivity contribution is 0.106. The van der Waals surface area contributed by atoms with Crippen LogP contribution >= 0.6 is 11.3 Å². The van der Waals surface area contributed by atoms with Crippen LogP contribution in [0.5, 0.6) is 0 Å². The van der Waals surface area contributed by atoms with Crippen LogP contribution < -0.4 is 0 Å². The minimum absolute atomic E-state index is 0.180. The standard InChI is InChI=1S/C15H18OS/c1-10(11-6-7-11)14(16)8-12-9-17-15-5-3-2-4-13(12)15/h2-5,9-11,14,16H,6-8H2,1H3. The fraction of sp³-hybridized carbons (Fsp3) is 0.467. The van der Waals surface area contributed by atoms with Gasteiger partial charge in [0.25, 0.3) is 0 Å². The van der Waals surface area contributed by atoms with Gasteiger partial charge in [0.15, 0.2) is 0 Å². The molecule has 0 spiro atoms. The van der Waals surface area contributed by atoms with Crippen molar-refractivity contribution in [1.82, 2.24) is 0 Å². The molecule has 1 heterocycles. The van der Waals surface area contributed by atoms with Crippen LogP contribution in [-0.2, 0) is 6.42 Å². The predicted molar refractivity (Wildman–Crippen MR) is 73.4 cm³/mol. The van der Waals surface area contributed by atoms with E-state index in [4.69, 9.17) is 0 Å². The van der Waals surface area contributed by atoms with Gasteiger partial charge in [-0.3, -0.25) is 0 Å². The second kappa shape index (κ2) is 4.43. The summed E-state index contributed by atoms with van der Waals surface area (Å²) >= 11 is 1.78. The summed E-state index contributed by atoms with van der Waals surface area (Å²) in [5, 5.41) is 13.8. The summed E-state index contributed by atoms with van der Waals surface area (Å²) in [5.41, 5.74) is 1.31. The van der Waals surface area contributed by atoms with Crippen LogP contribution in [0.3, 0.4) is 0 Å². The highest BCUT2D eigenvalue weighted by Crippen LogP contribution is 2.39. The van der Waals surface area contributed by atoms with Crippen molar-refractivity contribution >= 4 is 21.4 Å². The normalized spacial score (nSPS) is 19.4. The lowest BCUT2D eigenvalue weighted by Crippen LogP contribution is -2.21. The highest BCUT2D eigenvalue weighted by Gasteiger charge is 2.32. The smallest absolute Gasteiger partial charge is 0.0609 e. The Morgan fingerprint density at radius 2 is 2.12 bits per heavy atom. The SMILES string of the molecule is CC(C(O)Cc1csc2ccccc12)C1CC1. The largest absolute Gasteiger partial charge is 0.392 e. The van der Waals surface area contributed by atoms with Crippen molar-refractivity contribution in [3.8, 4) is 0 Å². The molecule has 3 rings (SSSR count). The lowest BCUT2D eigenvalue weighted by atomic mass is 9.94. The van der Waals surface area contributed by atoms with Gasteiger partial charge >= 0.3 is 0 Å². The summed E-state index contributed by atoms with van der Waals surface area (Å²) in [6.07, 6.45) is 3.24. The second-order valence-corrected chi connectivity index (χ2v) is 6.14. The van der Waals surface area contributed by atoms with Gasteiger partial charge < -0.3 is 5.11 Å². The minimum Gasteiger partial charge on any atom is -0.392 e. The van der Waals surface area contributed by atoms with E-state index in [0.29, 0.717) is 5.92 Å². The number of fused-ring (bicyclic) bond motifs is 1. The summed E-state index contributed by atoms with van der Waals surface area (Å²) in [4.78, 5) is 0. The molecule has 1 aromatic heterocycles. The molecule has 0 bridgehead atoms. The van der Waals surface area contributed by atoms with Crippen molar-refractivity contribution in [2.45, 2.75) is 32.3 Å². The van der Waals surface area contributed by atoms with Crippen molar-refractivity contribution in [2.75, 3.05) is 0 Å². The Labute approximate surface area is 106 Å². The van der Waals surface area contributed by atoms with Crippen molar-refractivity contribution < 1.29 is 5.11 Å². The molecule has 0 amide bonds. The van der Waals surface area contributed by atoms with E-state index in [9.17, 15) is 5.11 Å². The van der Waals surface area contributed by atoms with Gasteiger partial charge in [0.05, 0.1) is 6.10 Å². The summed E-state index contributed by atoms with van der Waals surface area (Å²) in [6, 6.07) is 8.47. The molecule has 1 aromatic carbocycles. The van der Waals surface area contributed by atoms with Crippen molar-refractivity contribution in [1.29, 1.82) is 0 Å². The average molecular weight is 246 g/mol. The highest BCUT2D eigenvalue weighted by molar-refractivity contribution is 7.17. The van der Waals surface area contributed by atoms with Gasteiger partial charge in [-0.1, -0.05) is 25.1 Å². The Kier molecular flexibility index (Phi) is 2.93. The van der Waals surface area contributed by atoms with Crippen LogP contribution in [0.15, 0.2) is 29.6 Å². The number of aliphatic hydroxyl groups excluding tert-OH is 1. The molecule has 90 valence electrons. The molecule has 0 radical (unpaired) electrons. The zero-order valence-corrected chi connectivity index (χ0v) is 10.9. The molecule has 1 fully saturated rings. The van der Waals surface area contributed by atoms with Crippen LogP contribution in [0.1, 0.15) is 25.3 Å². The number of hydrogen-bond acceptors (Lipinski definition) is 2. The molecule has 1 aliphatic carbocycles. The lowest BCUT2D eigenvalue weighted by Gasteiger charge is -2.17. The summed E-state index contributed by atoms with van der Waals surface area (Å²) in [6.45, 7) is 2.19. The van der Waals surface area contributed by atoms with Crippen molar-refractivity contribution in [2.24, 2.45) is 11.8 Å². The van der Waals surface area contributed by atoms with E-state index >= 15 is 0 Å². The molecule has 2 heteroatoms. The summed E-state index contributed by atoms with van der Waals surface area (Å²) < 4.78 is 1.33. The van der Waals surface area contributed by atoms with Gasteiger partial charge in [0, 0.05) is 11.1 Å². The van der Waals surface area contributed by atoms with E-state index in [2.05, 4.69) is 36.6 Å². The molecular weight excluding hydrogens is 228 g/mol. The van der Waals surface area contributed by atoms with Gasteiger partial charge in [0.2, 0.25) is 0 Å². The maximum absolute atomic E-state index is 10.3. The molecular formula is C15H18OS. The topological polar surface area (TPSA) is 20.2 Å². The third-order valence-corrected chi connectivity index (χ3v) is 4.98. The minimum atomic E-state index is -0.180. The molecule has 1 saturated carbocycles. The number of rotatable bonds is 4. The molecule has 2 unspecified atom stereocenters. The monoisotopic (exact) mass is 246 g/mol. The molecule has 1 nitrogen and oxygen atoms in total. The van der Waals surface area contributed by atoms with Crippen LogP contribution in [0.4, 0.5) is 0 Å². The second-order valence-electron chi connectivity index (χ2n) is 5.23. The molecule has 17 heavy (non-hydrogen) atoms. The van der Waals surface area contributed by atoms with E-state index in [1.807, 2.05) is 0 Å². The van der Waals surface area contributed by atoms with E-state index < -0.39 is 0 Å². The number of aliphatic hydroxyl groups is 1. The number of hydrogen-bond donors (Lipinski definition) is 1. The van der Waals surface area contributed by atoms with Crippen LogP contribution in [0.25, 0.3) is 10.1 Å². The molecule has 1 N–H and O–H groups in total. The first-order valence-electron chi connectivity index (χ1n) is 6.39. The van der Waals surface area contributed by atoms with Crippen LogP contribution in [0.2, 0.25) is 0 Å². The first-order valence-corrected chi connectivity index (χ1v) is 7.27. The fourth-order valence-corrected chi connectivity index (χ4v) is 3.51. The Morgan fingerprint density at radius 3 is 2.88 bits per heavy atom. The van der Waals surface area contributed by atoms with E-state index in [0.717, 1.165) is 12.3 Å². The molecule has 2 atom stereocenters. The third-order valence-electron chi connectivity index (χ3n) is 3.96. The quantitative estimate of drug-likeness (QED) is 0.868. The Bertz CT molecular complexity index is 512. The maximum atomic E-state index is 10.3. The zero-order chi connectivity index (χ0) is 11.8. The van der Waals surface area contributed by atoms with Crippen LogP contribution in [-0.4, -0.2) is 11.2 Å². The first kappa shape index (κ1) is 11.2. The Morgan fingerprint density at radius 1 is 1.35 bits per heavy atom. The van der Waals surface area contributed by atoms with Gasteiger partial charge in [-0.25, -0.2) is 0 Å². The summed E-state index contributed by atoms with van der Waals surface area (Å²) in [5.74, 6) is 1.23. The predicted octanol–water partition coefficient (Wildman–Crippen LogP) is 3.85.